The second kappa shape index (κ2) is 6.87. The lowest BCUT2D eigenvalue weighted by molar-refractivity contribution is -0.152. The molecular formula is C15H29N3O2. The number of piperazine rings is 1. The van der Waals surface area contributed by atoms with E-state index in [1.165, 1.54) is 13.1 Å². The molecule has 1 N–H and O–H groups in total. The standard InChI is InChI=1S/C15H29N3O2/c1-3-15(14(19)20)4-6-17(7-5-15)12-13-18-10-8-16(2)9-11-18/h3-13H2,1-2H3,(H,19,20). The summed E-state index contributed by atoms with van der Waals surface area (Å²) in [5.74, 6) is -0.598. The first-order valence-corrected chi connectivity index (χ1v) is 7.92. The van der Waals surface area contributed by atoms with Gasteiger partial charge in [0.05, 0.1) is 5.41 Å². The molecule has 0 aromatic carbocycles. The summed E-state index contributed by atoms with van der Waals surface area (Å²) in [6, 6.07) is 0. The van der Waals surface area contributed by atoms with Crippen LogP contribution < -0.4 is 0 Å². The van der Waals surface area contributed by atoms with E-state index in [0.29, 0.717) is 0 Å². The van der Waals surface area contributed by atoms with Gasteiger partial charge in [0.2, 0.25) is 0 Å². The molecule has 0 amide bonds. The number of carbonyl (C=O) groups is 1. The van der Waals surface area contributed by atoms with Crippen LogP contribution in [0.4, 0.5) is 0 Å². The third-order valence-corrected chi connectivity index (χ3v) is 5.27. The summed E-state index contributed by atoms with van der Waals surface area (Å²) in [5.41, 5.74) is -0.454. The topological polar surface area (TPSA) is 47.0 Å². The van der Waals surface area contributed by atoms with Crippen LogP contribution in [0.3, 0.4) is 0 Å². The molecule has 2 aliphatic heterocycles. The van der Waals surface area contributed by atoms with E-state index in [-0.39, 0.29) is 0 Å². The Kier molecular flexibility index (Phi) is 5.41. The van der Waals surface area contributed by atoms with Gasteiger partial charge in [-0.25, -0.2) is 0 Å². The van der Waals surface area contributed by atoms with Crippen molar-refractivity contribution in [3.63, 3.8) is 0 Å². The summed E-state index contributed by atoms with van der Waals surface area (Å²) in [7, 11) is 2.18. The van der Waals surface area contributed by atoms with E-state index in [4.69, 9.17) is 0 Å². The normalized spacial score (nSPS) is 25.7. The highest BCUT2D eigenvalue weighted by Crippen LogP contribution is 2.34. The van der Waals surface area contributed by atoms with Crippen molar-refractivity contribution in [3.05, 3.63) is 0 Å². The van der Waals surface area contributed by atoms with Crippen LogP contribution in [0.2, 0.25) is 0 Å². The number of hydrogen-bond acceptors (Lipinski definition) is 4. The van der Waals surface area contributed by atoms with Gasteiger partial charge in [0, 0.05) is 39.3 Å². The summed E-state index contributed by atoms with van der Waals surface area (Å²) in [4.78, 5) is 18.8. The number of piperidine rings is 1. The van der Waals surface area contributed by atoms with Crippen LogP contribution in [-0.2, 0) is 4.79 Å². The van der Waals surface area contributed by atoms with Crippen LogP contribution in [0.5, 0.6) is 0 Å². The number of carboxylic acids is 1. The SMILES string of the molecule is CCC1(C(=O)O)CCN(CCN2CCN(C)CC2)CC1. The van der Waals surface area contributed by atoms with Crippen LogP contribution in [0.15, 0.2) is 0 Å². The zero-order valence-electron chi connectivity index (χ0n) is 13.0. The van der Waals surface area contributed by atoms with E-state index in [9.17, 15) is 9.90 Å². The molecule has 0 bridgehead atoms. The van der Waals surface area contributed by atoms with Gasteiger partial charge in [-0.1, -0.05) is 6.92 Å². The monoisotopic (exact) mass is 283 g/mol. The fourth-order valence-electron chi connectivity index (χ4n) is 3.28. The number of aliphatic carboxylic acids is 1. The van der Waals surface area contributed by atoms with E-state index in [2.05, 4.69) is 21.7 Å². The Morgan fingerprint density at radius 2 is 1.50 bits per heavy atom. The minimum Gasteiger partial charge on any atom is -0.481 e. The summed E-state index contributed by atoms with van der Waals surface area (Å²) in [6.45, 7) is 10.8. The van der Waals surface area contributed by atoms with Gasteiger partial charge in [-0.3, -0.25) is 9.69 Å². The fraction of sp³-hybridized carbons (Fsp3) is 0.933. The van der Waals surface area contributed by atoms with Crippen LogP contribution >= 0.6 is 0 Å². The van der Waals surface area contributed by atoms with Gasteiger partial charge in [0.25, 0.3) is 0 Å². The minimum atomic E-state index is -0.598. The third-order valence-electron chi connectivity index (χ3n) is 5.27. The average molecular weight is 283 g/mol. The molecule has 0 atom stereocenters. The summed E-state index contributed by atoms with van der Waals surface area (Å²) >= 11 is 0. The van der Waals surface area contributed by atoms with Gasteiger partial charge in [-0.2, -0.15) is 0 Å². The number of rotatable bonds is 5. The second-order valence-electron chi connectivity index (χ2n) is 6.43. The van der Waals surface area contributed by atoms with Crippen LogP contribution in [0.25, 0.3) is 0 Å². The quantitative estimate of drug-likeness (QED) is 0.809. The van der Waals surface area contributed by atoms with Crippen molar-refractivity contribution in [2.45, 2.75) is 26.2 Å². The molecule has 2 aliphatic rings. The van der Waals surface area contributed by atoms with Crippen molar-refractivity contribution in [1.29, 1.82) is 0 Å². The second-order valence-corrected chi connectivity index (χ2v) is 6.43. The van der Waals surface area contributed by atoms with Gasteiger partial charge in [-0.15, -0.1) is 0 Å². The molecule has 0 radical (unpaired) electrons. The first kappa shape index (κ1) is 15.7. The van der Waals surface area contributed by atoms with Gasteiger partial charge in [-0.05, 0) is 39.4 Å². The molecule has 0 aromatic rings. The molecule has 20 heavy (non-hydrogen) atoms. The predicted octanol–water partition coefficient (Wildman–Crippen LogP) is 0.811. The van der Waals surface area contributed by atoms with Crippen molar-refractivity contribution >= 4 is 5.97 Å². The number of nitrogens with zero attached hydrogens (tertiary/aromatic N) is 3. The Morgan fingerprint density at radius 1 is 1.00 bits per heavy atom. The smallest absolute Gasteiger partial charge is 0.309 e. The Bertz CT molecular complexity index is 319. The fourth-order valence-corrected chi connectivity index (χ4v) is 3.28. The first-order valence-electron chi connectivity index (χ1n) is 7.92. The minimum absolute atomic E-state index is 0.454. The molecule has 116 valence electrons. The lowest BCUT2D eigenvalue weighted by Gasteiger charge is -2.39. The van der Waals surface area contributed by atoms with E-state index < -0.39 is 11.4 Å². The third kappa shape index (κ3) is 3.71. The first-order chi connectivity index (χ1) is 9.55. The number of likely N-dealkylation sites (tertiary alicyclic amines) is 1. The highest BCUT2D eigenvalue weighted by molar-refractivity contribution is 5.74. The van der Waals surface area contributed by atoms with Crippen LogP contribution in [-0.4, -0.2) is 85.2 Å². The summed E-state index contributed by atoms with van der Waals surface area (Å²) in [5, 5.41) is 9.40. The molecular weight excluding hydrogens is 254 g/mol. The van der Waals surface area contributed by atoms with E-state index in [0.717, 1.165) is 58.5 Å². The molecule has 2 rings (SSSR count). The van der Waals surface area contributed by atoms with Crippen molar-refractivity contribution in [3.8, 4) is 0 Å². The van der Waals surface area contributed by atoms with E-state index in [1.54, 1.807) is 0 Å². The molecule has 0 spiro atoms. The van der Waals surface area contributed by atoms with Crippen molar-refractivity contribution in [2.75, 3.05) is 59.4 Å². The Hall–Kier alpha value is -0.650. The zero-order valence-corrected chi connectivity index (χ0v) is 13.0. The molecule has 5 heteroatoms. The predicted molar refractivity (Wildman–Crippen MR) is 80.0 cm³/mol. The molecule has 0 unspecified atom stereocenters. The van der Waals surface area contributed by atoms with Gasteiger partial charge < -0.3 is 14.9 Å². The molecule has 2 saturated heterocycles. The Morgan fingerprint density at radius 3 is 1.95 bits per heavy atom. The maximum atomic E-state index is 11.4. The van der Waals surface area contributed by atoms with Crippen LogP contribution in [0, 0.1) is 5.41 Å². The highest BCUT2D eigenvalue weighted by atomic mass is 16.4. The lowest BCUT2D eigenvalue weighted by Crippen LogP contribution is -2.49. The highest BCUT2D eigenvalue weighted by Gasteiger charge is 2.39. The summed E-state index contributed by atoms with van der Waals surface area (Å²) < 4.78 is 0. The number of carboxylic acid groups (broad SMARTS) is 1. The maximum absolute atomic E-state index is 11.4. The Labute approximate surface area is 122 Å². The van der Waals surface area contributed by atoms with Gasteiger partial charge in [0.15, 0.2) is 0 Å². The molecule has 0 aromatic heterocycles. The van der Waals surface area contributed by atoms with Crippen molar-refractivity contribution in [2.24, 2.45) is 5.41 Å². The molecule has 0 saturated carbocycles. The average Bonchev–Trinajstić information content (AvgIpc) is 2.47. The number of likely N-dealkylation sites (N-methyl/N-ethyl adjacent to an activating group) is 1. The van der Waals surface area contributed by atoms with E-state index >= 15 is 0 Å². The Balaban J connectivity index is 1.71. The largest absolute Gasteiger partial charge is 0.481 e. The molecule has 2 fully saturated rings. The molecule has 0 aliphatic carbocycles. The van der Waals surface area contributed by atoms with Gasteiger partial charge >= 0.3 is 5.97 Å². The van der Waals surface area contributed by atoms with Crippen molar-refractivity contribution in [1.82, 2.24) is 14.7 Å². The van der Waals surface area contributed by atoms with Crippen molar-refractivity contribution < 1.29 is 9.90 Å². The van der Waals surface area contributed by atoms with E-state index in [1.807, 2.05) is 6.92 Å². The lowest BCUT2D eigenvalue weighted by atomic mass is 9.76. The summed E-state index contributed by atoms with van der Waals surface area (Å²) in [6.07, 6.45) is 2.37. The van der Waals surface area contributed by atoms with Gasteiger partial charge in [0.1, 0.15) is 0 Å². The number of hydrogen-bond donors (Lipinski definition) is 1. The molecule has 2 heterocycles. The van der Waals surface area contributed by atoms with Crippen LogP contribution in [0.1, 0.15) is 26.2 Å². The zero-order chi connectivity index (χ0) is 14.6. The molecule has 5 nitrogen and oxygen atoms in total. The maximum Gasteiger partial charge on any atom is 0.309 e.